The number of cyclic esters (lactones) is 1. The van der Waals surface area contributed by atoms with Crippen molar-refractivity contribution in [1.82, 2.24) is 0 Å². The van der Waals surface area contributed by atoms with Crippen LogP contribution in [-0.2, 0) is 31.2 Å². The monoisotopic (exact) mass is 395 g/mol. The van der Waals surface area contributed by atoms with Gasteiger partial charge in [0.1, 0.15) is 17.6 Å². The standard InChI is InChI=1S/C22H21NO6/c1-23-16-5-3-4-14(10-16)11-18-20(19-12-27-13-28-19)21(24)29-22(18,25)15-6-8-17(26-2)9-7-15/h3-10,12,23,25H,11,13H2,1-2H3. The first-order valence-corrected chi connectivity index (χ1v) is 9.10. The predicted molar refractivity (Wildman–Crippen MR) is 105 cm³/mol. The Bertz CT molecular complexity index is 995. The van der Waals surface area contributed by atoms with Gasteiger partial charge in [-0.2, -0.15) is 0 Å². The lowest BCUT2D eigenvalue weighted by atomic mass is 9.89. The van der Waals surface area contributed by atoms with Crippen LogP contribution >= 0.6 is 0 Å². The zero-order chi connectivity index (χ0) is 20.4. The largest absolute Gasteiger partial charge is 0.497 e. The Kier molecular flexibility index (Phi) is 4.90. The van der Waals surface area contributed by atoms with Gasteiger partial charge in [0.2, 0.25) is 6.79 Å². The summed E-state index contributed by atoms with van der Waals surface area (Å²) in [5.41, 5.74) is 2.80. The molecule has 0 aliphatic carbocycles. The molecule has 2 aromatic rings. The summed E-state index contributed by atoms with van der Waals surface area (Å²) in [6.45, 7) is 0.00952. The third-order valence-corrected chi connectivity index (χ3v) is 4.95. The molecule has 150 valence electrons. The fourth-order valence-electron chi connectivity index (χ4n) is 3.46. The van der Waals surface area contributed by atoms with Crippen LogP contribution in [0.15, 0.2) is 71.7 Å². The van der Waals surface area contributed by atoms with Gasteiger partial charge in [-0.05, 0) is 42.0 Å². The molecule has 1 unspecified atom stereocenters. The maximum absolute atomic E-state index is 12.7. The molecule has 4 rings (SSSR count). The molecule has 7 nitrogen and oxygen atoms in total. The van der Waals surface area contributed by atoms with Gasteiger partial charge in [0.25, 0.3) is 5.79 Å². The van der Waals surface area contributed by atoms with Gasteiger partial charge in [-0.25, -0.2) is 4.79 Å². The van der Waals surface area contributed by atoms with Crippen molar-refractivity contribution in [3.05, 3.63) is 82.8 Å². The lowest BCUT2D eigenvalue weighted by Gasteiger charge is -2.26. The topological polar surface area (TPSA) is 86.3 Å². The van der Waals surface area contributed by atoms with Crippen LogP contribution in [0.5, 0.6) is 5.75 Å². The fraction of sp³-hybridized carbons (Fsp3) is 0.227. The van der Waals surface area contributed by atoms with Crippen molar-refractivity contribution in [2.45, 2.75) is 12.2 Å². The number of aliphatic hydroxyl groups is 1. The molecule has 1 atom stereocenters. The molecular weight excluding hydrogens is 374 g/mol. The van der Waals surface area contributed by atoms with E-state index in [0.717, 1.165) is 11.3 Å². The van der Waals surface area contributed by atoms with Crippen LogP contribution in [-0.4, -0.2) is 32.0 Å². The molecule has 0 amide bonds. The van der Waals surface area contributed by atoms with Crippen LogP contribution in [0.3, 0.4) is 0 Å². The van der Waals surface area contributed by atoms with Gasteiger partial charge in [0.05, 0.1) is 7.11 Å². The number of benzene rings is 2. The van der Waals surface area contributed by atoms with Crippen LogP contribution in [0.1, 0.15) is 11.1 Å². The van der Waals surface area contributed by atoms with E-state index in [9.17, 15) is 9.90 Å². The van der Waals surface area contributed by atoms with Crippen LogP contribution in [0.4, 0.5) is 5.69 Å². The third-order valence-electron chi connectivity index (χ3n) is 4.95. The highest BCUT2D eigenvalue weighted by Crippen LogP contribution is 2.44. The smallest absolute Gasteiger partial charge is 0.345 e. The average Bonchev–Trinajstić information content (AvgIpc) is 3.35. The zero-order valence-electron chi connectivity index (χ0n) is 16.1. The molecule has 0 saturated heterocycles. The van der Waals surface area contributed by atoms with Gasteiger partial charge in [0.15, 0.2) is 5.76 Å². The molecular formula is C22H21NO6. The molecule has 0 bridgehead atoms. The second kappa shape index (κ2) is 7.52. The second-order valence-electron chi connectivity index (χ2n) is 6.65. The van der Waals surface area contributed by atoms with Crippen LogP contribution in [0.2, 0.25) is 0 Å². The van der Waals surface area contributed by atoms with E-state index in [0.29, 0.717) is 16.9 Å². The van der Waals surface area contributed by atoms with Gasteiger partial charge < -0.3 is 29.4 Å². The molecule has 29 heavy (non-hydrogen) atoms. The molecule has 0 radical (unpaired) electrons. The number of hydrogen-bond acceptors (Lipinski definition) is 7. The van der Waals surface area contributed by atoms with Crippen molar-refractivity contribution >= 4 is 11.7 Å². The van der Waals surface area contributed by atoms with Crippen molar-refractivity contribution in [3.63, 3.8) is 0 Å². The molecule has 2 N–H and O–H groups in total. The number of carbonyl (C=O) groups excluding carboxylic acids is 1. The van der Waals surface area contributed by atoms with Crippen molar-refractivity contribution in [1.29, 1.82) is 0 Å². The van der Waals surface area contributed by atoms with Gasteiger partial charge in [-0.3, -0.25) is 0 Å². The van der Waals surface area contributed by atoms with E-state index in [1.807, 2.05) is 31.3 Å². The number of rotatable bonds is 6. The highest BCUT2D eigenvalue weighted by atomic mass is 16.7. The number of hydrogen-bond donors (Lipinski definition) is 2. The molecule has 0 spiro atoms. The lowest BCUT2D eigenvalue weighted by Crippen LogP contribution is -2.29. The third kappa shape index (κ3) is 3.40. The average molecular weight is 395 g/mol. The maximum Gasteiger partial charge on any atom is 0.345 e. The minimum atomic E-state index is -1.93. The fourth-order valence-corrected chi connectivity index (χ4v) is 3.46. The number of ether oxygens (including phenoxy) is 4. The van der Waals surface area contributed by atoms with E-state index in [2.05, 4.69) is 5.32 Å². The molecule has 2 aliphatic heterocycles. The van der Waals surface area contributed by atoms with Gasteiger partial charge in [-0.15, -0.1) is 0 Å². The maximum atomic E-state index is 12.7. The Labute approximate surface area is 168 Å². The van der Waals surface area contributed by atoms with Gasteiger partial charge in [-0.1, -0.05) is 12.1 Å². The van der Waals surface area contributed by atoms with E-state index in [1.165, 1.54) is 6.26 Å². The van der Waals surface area contributed by atoms with Crippen LogP contribution < -0.4 is 10.1 Å². The Balaban J connectivity index is 1.82. The quantitative estimate of drug-likeness (QED) is 0.728. The first-order chi connectivity index (χ1) is 14.0. The first kappa shape index (κ1) is 18.9. The van der Waals surface area contributed by atoms with Gasteiger partial charge >= 0.3 is 5.97 Å². The number of methoxy groups -OCH3 is 1. The summed E-state index contributed by atoms with van der Waals surface area (Å²) in [6, 6.07) is 14.4. The SMILES string of the molecule is CNc1cccc(CC2=C(C3=COCO3)C(=O)OC2(O)c2ccc(OC)cc2)c1. The molecule has 0 saturated carbocycles. The highest BCUT2D eigenvalue weighted by molar-refractivity contribution is 5.97. The minimum Gasteiger partial charge on any atom is -0.497 e. The van der Waals surface area contributed by atoms with Crippen LogP contribution in [0, 0.1) is 0 Å². The highest BCUT2D eigenvalue weighted by Gasteiger charge is 2.49. The summed E-state index contributed by atoms with van der Waals surface area (Å²) in [5, 5.41) is 14.6. The van der Waals surface area contributed by atoms with Crippen molar-refractivity contribution in [2.75, 3.05) is 26.3 Å². The lowest BCUT2D eigenvalue weighted by molar-refractivity contribution is -0.186. The Morgan fingerprint density at radius 3 is 2.66 bits per heavy atom. The first-order valence-electron chi connectivity index (χ1n) is 9.10. The number of anilines is 1. The molecule has 2 aromatic carbocycles. The summed E-state index contributed by atoms with van der Waals surface area (Å²) < 4.78 is 21.2. The number of nitrogens with one attached hydrogen (secondary N) is 1. The van der Waals surface area contributed by atoms with E-state index >= 15 is 0 Å². The van der Waals surface area contributed by atoms with Crippen molar-refractivity contribution in [3.8, 4) is 5.75 Å². The molecule has 2 aliphatic rings. The Hall–Kier alpha value is -3.45. The Morgan fingerprint density at radius 1 is 1.21 bits per heavy atom. The minimum absolute atomic E-state index is 0.00952. The second-order valence-corrected chi connectivity index (χ2v) is 6.65. The zero-order valence-corrected chi connectivity index (χ0v) is 16.1. The number of carbonyl (C=O) groups is 1. The summed E-state index contributed by atoms with van der Waals surface area (Å²) in [7, 11) is 3.38. The van der Waals surface area contributed by atoms with E-state index < -0.39 is 11.8 Å². The number of esters is 1. The summed E-state index contributed by atoms with van der Waals surface area (Å²) >= 11 is 0. The Morgan fingerprint density at radius 2 is 2.00 bits per heavy atom. The van der Waals surface area contributed by atoms with Crippen molar-refractivity contribution in [2.24, 2.45) is 0 Å². The van der Waals surface area contributed by atoms with Gasteiger partial charge in [0, 0.05) is 30.3 Å². The van der Waals surface area contributed by atoms with E-state index in [1.54, 1.807) is 31.4 Å². The molecule has 7 heteroatoms. The van der Waals surface area contributed by atoms with Crippen LogP contribution in [0.25, 0.3) is 0 Å². The molecule has 0 fully saturated rings. The predicted octanol–water partition coefficient (Wildman–Crippen LogP) is 2.82. The van der Waals surface area contributed by atoms with E-state index in [-0.39, 0.29) is 24.5 Å². The normalized spacial score (nSPS) is 20.7. The molecule has 0 aromatic heterocycles. The summed E-state index contributed by atoms with van der Waals surface area (Å²) in [4.78, 5) is 12.7. The summed E-state index contributed by atoms with van der Waals surface area (Å²) in [6.07, 6.45) is 1.64. The van der Waals surface area contributed by atoms with E-state index in [4.69, 9.17) is 18.9 Å². The van der Waals surface area contributed by atoms with Crippen molar-refractivity contribution < 1.29 is 28.8 Å². The molecule has 2 heterocycles. The summed E-state index contributed by atoms with van der Waals surface area (Å²) in [5.74, 6) is -1.72.